The van der Waals surface area contributed by atoms with Crippen molar-refractivity contribution in [1.29, 1.82) is 0 Å². The highest BCUT2D eigenvalue weighted by molar-refractivity contribution is 5.95. The molecule has 1 aliphatic heterocycles. The minimum Gasteiger partial charge on any atom is -0.495 e. The Morgan fingerprint density at radius 2 is 2.09 bits per heavy atom. The van der Waals surface area contributed by atoms with Crippen LogP contribution in [0.1, 0.15) is 47.2 Å². The van der Waals surface area contributed by atoms with Crippen LogP contribution in [0.15, 0.2) is 48.8 Å². The number of nitrogens with one attached hydrogen (secondary N) is 2. The second-order valence-electron chi connectivity index (χ2n) is 8.99. The molecule has 4 rings (SSSR count). The van der Waals surface area contributed by atoms with Gasteiger partial charge in [-0.1, -0.05) is 13.0 Å². The first-order chi connectivity index (χ1) is 16.4. The van der Waals surface area contributed by atoms with E-state index in [-0.39, 0.29) is 11.3 Å². The number of methoxy groups -OCH3 is 1. The van der Waals surface area contributed by atoms with Gasteiger partial charge in [-0.2, -0.15) is 0 Å². The normalized spacial score (nSPS) is 17.8. The number of carbonyl (C=O) groups excluding carboxylic acids is 1. The SMILES string of the molecule is CNc1cc(C)nc([C@]2(C)CCCN(C(=O)c3ccc(OC)c(NCc4cccnc4)c3)C2)n1. The molecule has 34 heavy (non-hydrogen) atoms. The summed E-state index contributed by atoms with van der Waals surface area (Å²) in [5.74, 6) is 2.27. The van der Waals surface area contributed by atoms with Crippen molar-refractivity contribution >= 4 is 17.4 Å². The van der Waals surface area contributed by atoms with Gasteiger partial charge in [-0.05, 0) is 49.6 Å². The van der Waals surface area contributed by atoms with E-state index in [1.807, 2.05) is 61.5 Å². The predicted octanol–water partition coefficient (Wildman–Crippen LogP) is 4.04. The molecule has 1 atom stereocenters. The number of anilines is 2. The fourth-order valence-electron chi connectivity index (χ4n) is 4.42. The van der Waals surface area contributed by atoms with E-state index in [9.17, 15) is 4.79 Å². The van der Waals surface area contributed by atoms with Gasteiger partial charge in [-0.3, -0.25) is 9.78 Å². The molecular formula is C26H32N6O2. The molecule has 1 fully saturated rings. The average molecular weight is 461 g/mol. The monoisotopic (exact) mass is 460 g/mol. The lowest BCUT2D eigenvalue weighted by molar-refractivity contribution is 0.0644. The maximum absolute atomic E-state index is 13.5. The van der Waals surface area contributed by atoms with Crippen molar-refractivity contribution in [2.24, 2.45) is 0 Å². The Labute approximate surface area is 200 Å². The molecule has 2 N–H and O–H groups in total. The van der Waals surface area contributed by atoms with Gasteiger partial charge in [0.15, 0.2) is 0 Å². The largest absolute Gasteiger partial charge is 0.495 e. The van der Waals surface area contributed by atoms with Crippen LogP contribution in [0, 0.1) is 6.92 Å². The third-order valence-electron chi connectivity index (χ3n) is 6.29. The lowest BCUT2D eigenvalue weighted by Gasteiger charge is -2.39. The fourth-order valence-corrected chi connectivity index (χ4v) is 4.42. The summed E-state index contributed by atoms with van der Waals surface area (Å²) < 4.78 is 5.51. The van der Waals surface area contributed by atoms with E-state index >= 15 is 0 Å². The minimum atomic E-state index is -0.306. The molecule has 1 aliphatic rings. The zero-order chi connectivity index (χ0) is 24.1. The molecule has 178 valence electrons. The van der Waals surface area contributed by atoms with Gasteiger partial charge in [0.25, 0.3) is 5.91 Å². The molecule has 3 heterocycles. The Morgan fingerprint density at radius 3 is 2.82 bits per heavy atom. The van der Waals surface area contributed by atoms with E-state index in [0.717, 1.165) is 41.4 Å². The summed E-state index contributed by atoms with van der Waals surface area (Å²) in [4.78, 5) is 29.0. The molecule has 0 spiro atoms. The second-order valence-corrected chi connectivity index (χ2v) is 8.99. The van der Waals surface area contributed by atoms with Crippen LogP contribution in [-0.2, 0) is 12.0 Å². The van der Waals surface area contributed by atoms with Gasteiger partial charge in [0.1, 0.15) is 17.4 Å². The Kier molecular flexibility index (Phi) is 6.95. The first kappa shape index (κ1) is 23.5. The first-order valence-electron chi connectivity index (χ1n) is 11.6. The van der Waals surface area contributed by atoms with Gasteiger partial charge >= 0.3 is 0 Å². The maximum atomic E-state index is 13.5. The molecule has 0 radical (unpaired) electrons. The molecule has 3 aromatic rings. The van der Waals surface area contributed by atoms with Crippen LogP contribution in [0.3, 0.4) is 0 Å². The van der Waals surface area contributed by atoms with Crippen LogP contribution in [0.25, 0.3) is 0 Å². The molecule has 0 aliphatic carbocycles. The summed E-state index contributed by atoms with van der Waals surface area (Å²) in [6, 6.07) is 11.4. The Bertz CT molecular complexity index is 1150. The molecule has 0 unspecified atom stereocenters. The maximum Gasteiger partial charge on any atom is 0.253 e. The summed E-state index contributed by atoms with van der Waals surface area (Å²) in [5, 5.41) is 6.49. The number of hydrogen-bond acceptors (Lipinski definition) is 7. The number of nitrogens with zero attached hydrogens (tertiary/aromatic N) is 4. The van der Waals surface area contributed by atoms with E-state index in [4.69, 9.17) is 14.7 Å². The zero-order valence-corrected chi connectivity index (χ0v) is 20.3. The quantitative estimate of drug-likeness (QED) is 0.550. The van der Waals surface area contributed by atoms with E-state index in [2.05, 4.69) is 22.5 Å². The van der Waals surface area contributed by atoms with E-state index in [1.54, 1.807) is 13.3 Å². The fraction of sp³-hybridized carbons (Fsp3) is 0.385. The summed E-state index contributed by atoms with van der Waals surface area (Å²) >= 11 is 0. The van der Waals surface area contributed by atoms with Crippen molar-refractivity contribution in [3.05, 3.63) is 71.4 Å². The smallest absolute Gasteiger partial charge is 0.253 e. The molecule has 1 aromatic carbocycles. The topological polar surface area (TPSA) is 92.3 Å². The van der Waals surface area contributed by atoms with Crippen LogP contribution in [0.2, 0.25) is 0 Å². The highest BCUT2D eigenvalue weighted by Crippen LogP contribution is 2.34. The zero-order valence-electron chi connectivity index (χ0n) is 20.3. The van der Waals surface area contributed by atoms with E-state index in [1.165, 1.54) is 0 Å². The molecule has 8 nitrogen and oxygen atoms in total. The van der Waals surface area contributed by atoms with Crippen LogP contribution in [0.5, 0.6) is 5.75 Å². The van der Waals surface area contributed by atoms with Crippen molar-refractivity contribution < 1.29 is 9.53 Å². The van der Waals surface area contributed by atoms with Crippen molar-refractivity contribution in [3.8, 4) is 5.75 Å². The Morgan fingerprint density at radius 1 is 1.24 bits per heavy atom. The van der Waals surface area contributed by atoms with Gasteiger partial charge in [0, 0.05) is 61.8 Å². The number of hydrogen-bond donors (Lipinski definition) is 2. The van der Waals surface area contributed by atoms with Crippen molar-refractivity contribution in [3.63, 3.8) is 0 Å². The van der Waals surface area contributed by atoms with Gasteiger partial charge in [0.05, 0.1) is 12.8 Å². The molecule has 0 bridgehead atoms. The third kappa shape index (κ3) is 5.11. The minimum absolute atomic E-state index is 0.000464. The van der Waals surface area contributed by atoms with Crippen LogP contribution in [0.4, 0.5) is 11.5 Å². The van der Waals surface area contributed by atoms with Crippen LogP contribution < -0.4 is 15.4 Å². The lowest BCUT2D eigenvalue weighted by Crippen LogP contribution is -2.48. The van der Waals surface area contributed by atoms with Gasteiger partial charge in [-0.15, -0.1) is 0 Å². The Balaban J connectivity index is 1.54. The number of ether oxygens (including phenoxy) is 1. The second kappa shape index (κ2) is 10.1. The summed E-state index contributed by atoms with van der Waals surface area (Å²) in [6.07, 6.45) is 5.40. The molecule has 0 saturated carbocycles. The lowest BCUT2D eigenvalue weighted by atomic mass is 9.80. The van der Waals surface area contributed by atoms with Gasteiger partial charge < -0.3 is 20.3 Å². The number of pyridine rings is 1. The third-order valence-corrected chi connectivity index (χ3v) is 6.29. The van der Waals surface area contributed by atoms with E-state index < -0.39 is 0 Å². The Hall–Kier alpha value is -3.68. The number of aryl methyl sites for hydroxylation is 1. The van der Waals surface area contributed by atoms with E-state index in [0.29, 0.717) is 30.9 Å². The van der Waals surface area contributed by atoms with Crippen molar-refractivity contribution in [2.75, 3.05) is 37.9 Å². The number of amides is 1. The number of carbonyl (C=O) groups is 1. The van der Waals surface area contributed by atoms with Crippen LogP contribution >= 0.6 is 0 Å². The van der Waals surface area contributed by atoms with Gasteiger partial charge in [0.2, 0.25) is 0 Å². The van der Waals surface area contributed by atoms with Gasteiger partial charge in [-0.25, -0.2) is 9.97 Å². The van der Waals surface area contributed by atoms with Crippen molar-refractivity contribution in [2.45, 2.75) is 38.6 Å². The average Bonchev–Trinajstić information content (AvgIpc) is 2.87. The molecule has 2 aromatic heterocycles. The molecule has 1 saturated heterocycles. The predicted molar refractivity (Wildman–Crippen MR) is 133 cm³/mol. The summed E-state index contributed by atoms with van der Waals surface area (Å²) in [6.45, 7) is 5.99. The molecular weight excluding hydrogens is 428 g/mol. The number of aromatic nitrogens is 3. The standard InChI is InChI=1S/C26H32N6O2/c1-18-13-23(27-3)31-25(30-18)26(2)10-6-12-32(17-26)24(33)20-8-9-22(34-4)21(14-20)29-16-19-7-5-11-28-15-19/h5,7-9,11,13-15,29H,6,10,12,16-17H2,1-4H3,(H,27,30,31)/t26-/m1/s1. The van der Waals surface area contributed by atoms with Crippen LogP contribution in [-0.4, -0.2) is 53.0 Å². The highest BCUT2D eigenvalue weighted by atomic mass is 16.5. The summed E-state index contributed by atoms with van der Waals surface area (Å²) in [5.41, 5.74) is 3.06. The summed E-state index contributed by atoms with van der Waals surface area (Å²) in [7, 11) is 3.48. The first-order valence-corrected chi connectivity index (χ1v) is 11.6. The molecule has 8 heteroatoms. The number of rotatable bonds is 7. The highest BCUT2D eigenvalue weighted by Gasteiger charge is 2.37. The number of piperidine rings is 1. The number of benzene rings is 1. The van der Waals surface area contributed by atoms with Crippen molar-refractivity contribution in [1.82, 2.24) is 19.9 Å². The molecule has 1 amide bonds. The number of likely N-dealkylation sites (tertiary alicyclic amines) is 1.